The minimum atomic E-state index is -1.62. The Morgan fingerprint density at radius 1 is 0.536 bits per heavy atom. The van der Waals surface area contributed by atoms with E-state index < -0.39 is 156 Å². The summed E-state index contributed by atoms with van der Waals surface area (Å²) >= 11 is 0. The largest absolute Gasteiger partial charge is 0.390 e. The molecule has 0 spiro atoms. The van der Waals surface area contributed by atoms with Gasteiger partial charge in [0.1, 0.15) is 54.4 Å². The van der Waals surface area contributed by atoms with Crippen LogP contribution in [0, 0.1) is 29.6 Å². The first-order valence-electron chi connectivity index (χ1n) is 29.4. The molecule has 1 fully saturated rings. The summed E-state index contributed by atoms with van der Waals surface area (Å²) in [6.07, 6.45) is 2.68. The van der Waals surface area contributed by atoms with E-state index in [0.29, 0.717) is 12.0 Å². The Morgan fingerprint density at radius 3 is 1.55 bits per heavy atom. The van der Waals surface area contributed by atoms with Gasteiger partial charge in [-0.2, -0.15) is 0 Å². The van der Waals surface area contributed by atoms with Crippen molar-refractivity contribution in [1.29, 1.82) is 0 Å². The average molecular weight is 1180 g/mol. The van der Waals surface area contributed by atoms with Crippen LogP contribution in [0.15, 0.2) is 42.5 Å². The molecule has 1 saturated heterocycles. The molecule has 11 amide bonds. The molecule has 5 N–H and O–H groups in total. The van der Waals surface area contributed by atoms with Gasteiger partial charge in [-0.3, -0.25) is 52.7 Å². The van der Waals surface area contributed by atoms with E-state index in [9.17, 15) is 48.3 Å². The smallest absolute Gasteiger partial charge is 0.246 e. The van der Waals surface area contributed by atoms with Crippen molar-refractivity contribution in [2.45, 2.75) is 183 Å². The maximum atomic E-state index is 15.1. The molecule has 0 aromatic heterocycles. The van der Waals surface area contributed by atoms with E-state index in [4.69, 9.17) is 0 Å². The lowest BCUT2D eigenvalue weighted by Gasteiger charge is -2.41. The summed E-state index contributed by atoms with van der Waals surface area (Å²) < 4.78 is 0. The molecule has 11 atom stereocenters. The molecule has 2 rings (SSSR count). The molecule has 0 aliphatic carbocycles. The highest BCUT2D eigenvalue weighted by atomic mass is 16.3. The molecule has 472 valence electrons. The van der Waals surface area contributed by atoms with Gasteiger partial charge < -0.3 is 60.7 Å². The highest BCUT2D eigenvalue weighted by Gasteiger charge is 2.45. The molecular formula is C61H101N11O12. The Bertz CT molecular complexity index is 2470. The standard InChI is InChI=1S/C61H101N11O12/c1-21-23-27-39(11)52(75)51-55(78)64-43(22-2)57(80)67(15)34-48(74)68(16)44(32-42-28-25-24-26-29-42)54(77)65-49(37(7)8)60(83)66(14)33-47(73)62-40(12)53(76)63-41(13)56(79)69(17)45(30-35(3)4)58(81)70(18)46(31-36(5)6)59(82)71(19)50(38(9)10)61(84)72(51)20/h21,23-26,28-29,35-41,43-46,49-52,75H,22,27,30-34H2,1-20H3,(H,62,73)(H,63,76)(H,64,78)(H,65,77)/b23-21+/t39-,40+,41-,43+,44+,45+,46+,49+,50+,51+,52-/m1/s1. The Morgan fingerprint density at radius 2 is 1.05 bits per heavy atom. The maximum Gasteiger partial charge on any atom is 0.246 e. The predicted octanol–water partition coefficient (Wildman–Crippen LogP) is 2.05. The first kappa shape index (κ1) is 73.2. The summed E-state index contributed by atoms with van der Waals surface area (Å²) in [7, 11) is 9.77. The second-order valence-electron chi connectivity index (χ2n) is 24.3. The third kappa shape index (κ3) is 20.1. The van der Waals surface area contributed by atoms with Gasteiger partial charge in [0.15, 0.2) is 0 Å². The van der Waals surface area contributed by atoms with Gasteiger partial charge in [0.05, 0.1) is 19.2 Å². The second kappa shape index (κ2) is 33.5. The molecule has 1 aromatic carbocycles. The topological polar surface area (TPSA) is 279 Å². The van der Waals surface area contributed by atoms with Crippen molar-refractivity contribution in [2.24, 2.45) is 29.6 Å². The van der Waals surface area contributed by atoms with Gasteiger partial charge >= 0.3 is 0 Å². The van der Waals surface area contributed by atoms with Crippen molar-refractivity contribution >= 4 is 65.0 Å². The van der Waals surface area contributed by atoms with Crippen LogP contribution >= 0.6 is 0 Å². The molecule has 23 heteroatoms. The van der Waals surface area contributed by atoms with Crippen LogP contribution < -0.4 is 21.3 Å². The maximum absolute atomic E-state index is 15.1. The second-order valence-corrected chi connectivity index (χ2v) is 24.3. The number of aliphatic hydroxyl groups excluding tert-OH is 1. The Kier molecular flexibility index (Phi) is 29.2. The van der Waals surface area contributed by atoms with Crippen molar-refractivity contribution in [3.8, 4) is 0 Å². The van der Waals surface area contributed by atoms with E-state index in [2.05, 4.69) is 21.3 Å². The van der Waals surface area contributed by atoms with Crippen LogP contribution in [0.3, 0.4) is 0 Å². The van der Waals surface area contributed by atoms with Crippen LogP contribution in [0.2, 0.25) is 0 Å². The van der Waals surface area contributed by atoms with E-state index in [0.717, 1.165) is 14.7 Å². The van der Waals surface area contributed by atoms with Crippen molar-refractivity contribution < 1.29 is 57.8 Å². The number of carbonyl (C=O) groups is 11. The van der Waals surface area contributed by atoms with Crippen molar-refractivity contribution in [3.05, 3.63) is 48.0 Å². The zero-order chi connectivity index (χ0) is 64.4. The van der Waals surface area contributed by atoms with Gasteiger partial charge in [-0.05, 0) is 81.6 Å². The van der Waals surface area contributed by atoms with Crippen LogP contribution in [0.25, 0.3) is 0 Å². The van der Waals surface area contributed by atoms with E-state index in [1.165, 1.54) is 82.8 Å². The van der Waals surface area contributed by atoms with Gasteiger partial charge in [-0.15, -0.1) is 0 Å². The summed E-state index contributed by atoms with van der Waals surface area (Å²) in [5.41, 5.74) is 0.672. The fraction of sp³-hybridized carbons (Fsp3) is 0.689. The van der Waals surface area contributed by atoms with Crippen LogP contribution in [0.5, 0.6) is 0 Å². The normalized spacial score (nSPS) is 26.0. The number of allylic oxidation sites excluding steroid dienone is 2. The molecule has 84 heavy (non-hydrogen) atoms. The number of nitrogens with zero attached hydrogens (tertiary/aromatic N) is 7. The van der Waals surface area contributed by atoms with Gasteiger partial charge in [0, 0.05) is 55.8 Å². The van der Waals surface area contributed by atoms with E-state index >= 15 is 9.59 Å². The lowest BCUT2D eigenvalue weighted by molar-refractivity contribution is -0.157. The minimum Gasteiger partial charge on any atom is -0.390 e. The van der Waals surface area contributed by atoms with Gasteiger partial charge in [-0.1, -0.05) is 112 Å². The number of benzene rings is 1. The first-order chi connectivity index (χ1) is 39.0. The van der Waals surface area contributed by atoms with Crippen molar-refractivity contribution in [3.63, 3.8) is 0 Å². The molecule has 0 unspecified atom stereocenters. The molecule has 23 nitrogen and oxygen atoms in total. The molecule has 0 bridgehead atoms. The average Bonchev–Trinajstić information content (AvgIpc) is 2.81. The van der Waals surface area contributed by atoms with Crippen LogP contribution in [0.1, 0.15) is 121 Å². The molecule has 1 aliphatic rings. The van der Waals surface area contributed by atoms with Crippen LogP contribution in [0.4, 0.5) is 0 Å². The van der Waals surface area contributed by atoms with Gasteiger partial charge in [0.25, 0.3) is 0 Å². The Hall–Kier alpha value is -6.91. The lowest BCUT2D eigenvalue weighted by Crippen LogP contribution is -2.63. The fourth-order valence-electron chi connectivity index (χ4n) is 10.3. The van der Waals surface area contributed by atoms with Crippen molar-refractivity contribution in [1.82, 2.24) is 55.6 Å². The summed E-state index contributed by atoms with van der Waals surface area (Å²) in [4.78, 5) is 167. The molecule has 1 aromatic rings. The number of nitrogens with one attached hydrogen (secondary N) is 4. The van der Waals surface area contributed by atoms with Gasteiger partial charge in [0.2, 0.25) is 65.0 Å². The van der Waals surface area contributed by atoms with E-state index in [1.54, 1.807) is 91.0 Å². The fourth-order valence-corrected chi connectivity index (χ4v) is 10.3. The zero-order valence-electron chi connectivity index (χ0n) is 53.7. The monoisotopic (exact) mass is 1180 g/mol. The molecule has 0 radical (unpaired) electrons. The number of hydrogen-bond acceptors (Lipinski definition) is 12. The van der Waals surface area contributed by atoms with E-state index in [1.807, 2.05) is 27.7 Å². The number of rotatable bonds is 13. The third-order valence-corrected chi connectivity index (χ3v) is 15.6. The molecular weight excluding hydrogens is 1080 g/mol. The van der Waals surface area contributed by atoms with Gasteiger partial charge in [-0.25, -0.2) is 0 Å². The van der Waals surface area contributed by atoms with Crippen LogP contribution in [-0.4, -0.2) is 227 Å². The minimum absolute atomic E-state index is 0.00577. The quantitative estimate of drug-likeness (QED) is 0.178. The highest BCUT2D eigenvalue weighted by molar-refractivity contribution is 5.99. The molecule has 1 aliphatic heterocycles. The molecule has 0 saturated carbocycles. The number of carbonyl (C=O) groups excluding carboxylic acids is 11. The first-order valence-corrected chi connectivity index (χ1v) is 29.4. The van der Waals surface area contributed by atoms with E-state index in [-0.39, 0.29) is 37.5 Å². The highest BCUT2D eigenvalue weighted by Crippen LogP contribution is 2.25. The Balaban J connectivity index is 2.91. The molecule has 1 heterocycles. The summed E-state index contributed by atoms with van der Waals surface area (Å²) in [5, 5.41) is 22.8. The zero-order valence-corrected chi connectivity index (χ0v) is 53.7. The summed E-state index contributed by atoms with van der Waals surface area (Å²) in [6.45, 7) is 21.2. The summed E-state index contributed by atoms with van der Waals surface area (Å²) in [5.74, 6) is -9.71. The number of hydrogen-bond donors (Lipinski definition) is 5. The van der Waals surface area contributed by atoms with Crippen LogP contribution in [-0.2, 0) is 59.2 Å². The number of likely N-dealkylation sites (N-methyl/N-ethyl adjacent to an activating group) is 7. The third-order valence-electron chi connectivity index (χ3n) is 15.6. The number of aliphatic hydroxyl groups is 1. The number of amides is 11. The summed E-state index contributed by atoms with van der Waals surface area (Å²) in [6, 6.07) is -2.48. The predicted molar refractivity (Wildman–Crippen MR) is 321 cm³/mol. The SMILES string of the molecule is C/C=C/C[C@@H](C)[C@@H](O)[C@H]1C(=O)N[C@@H](CC)C(=O)N(C)CC(=O)N(C)[C@@H](Cc2ccccc2)C(=O)N[C@@H](C(C)C)C(=O)N(C)CC(=O)N[C@@H](C)C(=O)N[C@H](C)C(=O)N(C)[C@@H](CC(C)C)C(=O)N(C)[C@@H](CC(C)C)C(=O)N(C)[C@@H](C(C)C)C(=O)N1C. The lowest BCUT2D eigenvalue weighted by atomic mass is 9.91. The Labute approximate surface area is 499 Å². The van der Waals surface area contributed by atoms with Crippen molar-refractivity contribution in [2.75, 3.05) is 62.4 Å².